The molecule has 2 aromatic carbocycles. The van der Waals surface area contributed by atoms with Crippen LogP contribution in [0.4, 0.5) is 11.4 Å². The molecule has 0 amide bonds. The molecule has 0 heterocycles. The Bertz CT molecular complexity index is 758. The highest BCUT2D eigenvalue weighted by Gasteiger charge is 2.18. The SMILES string of the molecule is Cc1ccc(NS(=O)(=O)c2cccc(N)c2C)cc1Cl. The van der Waals surface area contributed by atoms with Gasteiger partial charge in [-0.25, -0.2) is 8.42 Å². The van der Waals surface area contributed by atoms with Gasteiger partial charge in [0.1, 0.15) is 0 Å². The van der Waals surface area contributed by atoms with Crippen molar-refractivity contribution in [2.75, 3.05) is 10.5 Å². The molecule has 0 saturated heterocycles. The van der Waals surface area contributed by atoms with Crippen molar-refractivity contribution < 1.29 is 8.42 Å². The summed E-state index contributed by atoms with van der Waals surface area (Å²) in [6.45, 7) is 3.52. The van der Waals surface area contributed by atoms with E-state index in [1.807, 2.05) is 6.92 Å². The maximum absolute atomic E-state index is 12.4. The minimum absolute atomic E-state index is 0.161. The van der Waals surface area contributed by atoms with E-state index in [2.05, 4.69) is 4.72 Å². The highest BCUT2D eigenvalue weighted by Crippen LogP contribution is 2.25. The number of halogens is 1. The van der Waals surface area contributed by atoms with E-state index >= 15 is 0 Å². The molecule has 0 bridgehead atoms. The van der Waals surface area contributed by atoms with Crippen molar-refractivity contribution in [3.8, 4) is 0 Å². The smallest absolute Gasteiger partial charge is 0.262 e. The van der Waals surface area contributed by atoms with Crippen molar-refractivity contribution >= 4 is 33.0 Å². The third kappa shape index (κ3) is 2.89. The Hall–Kier alpha value is -1.72. The zero-order valence-corrected chi connectivity index (χ0v) is 12.7. The van der Waals surface area contributed by atoms with E-state index in [0.717, 1.165) is 5.56 Å². The minimum atomic E-state index is -3.68. The third-order valence-corrected chi connectivity index (χ3v) is 4.97. The number of rotatable bonds is 3. The molecule has 106 valence electrons. The normalized spacial score (nSPS) is 11.3. The standard InChI is InChI=1S/C14H15ClN2O2S/c1-9-6-7-11(8-12(9)15)17-20(18,19)14-5-3-4-13(16)10(14)2/h3-8,17H,16H2,1-2H3. The van der Waals surface area contributed by atoms with Crippen LogP contribution in [0.1, 0.15) is 11.1 Å². The van der Waals surface area contributed by atoms with Crippen LogP contribution >= 0.6 is 11.6 Å². The summed E-state index contributed by atoms with van der Waals surface area (Å²) in [7, 11) is -3.68. The second-order valence-corrected chi connectivity index (χ2v) is 6.60. The van der Waals surface area contributed by atoms with E-state index in [4.69, 9.17) is 17.3 Å². The fourth-order valence-corrected chi connectivity index (χ4v) is 3.30. The Morgan fingerprint density at radius 2 is 1.85 bits per heavy atom. The summed E-state index contributed by atoms with van der Waals surface area (Å²) in [6.07, 6.45) is 0. The summed E-state index contributed by atoms with van der Waals surface area (Å²) in [4.78, 5) is 0.161. The van der Waals surface area contributed by atoms with E-state index in [1.165, 1.54) is 6.07 Å². The second-order valence-electron chi connectivity index (χ2n) is 4.54. The number of hydrogen-bond donors (Lipinski definition) is 2. The lowest BCUT2D eigenvalue weighted by Crippen LogP contribution is -2.15. The number of sulfonamides is 1. The van der Waals surface area contributed by atoms with E-state index in [-0.39, 0.29) is 4.90 Å². The zero-order valence-electron chi connectivity index (χ0n) is 11.1. The van der Waals surface area contributed by atoms with Crippen LogP contribution in [0.25, 0.3) is 0 Å². The minimum Gasteiger partial charge on any atom is -0.398 e. The van der Waals surface area contributed by atoms with Crippen LogP contribution in [0.3, 0.4) is 0 Å². The monoisotopic (exact) mass is 310 g/mol. The fourth-order valence-electron chi connectivity index (χ4n) is 1.79. The second kappa shape index (κ2) is 5.34. The topological polar surface area (TPSA) is 72.2 Å². The first-order valence-corrected chi connectivity index (χ1v) is 7.81. The zero-order chi connectivity index (χ0) is 14.9. The molecule has 2 rings (SSSR count). The molecule has 0 atom stereocenters. The van der Waals surface area contributed by atoms with Crippen molar-refractivity contribution in [3.05, 3.63) is 52.5 Å². The molecule has 2 aromatic rings. The van der Waals surface area contributed by atoms with E-state index < -0.39 is 10.0 Å². The molecule has 0 saturated carbocycles. The van der Waals surface area contributed by atoms with E-state index in [9.17, 15) is 8.42 Å². The Morgan fingerprint density at radius 1 is 1.15 bits per heavy atom. The van der Waals surface area contributed by atoms with Crippen molar-refractivity contribution in [1.82, 2.24) is 0 Å². The number of nitrogens with one attached hydrogen (secondary N) is 1. The lowest BCUT2D eigenvalue weighted by Gasteiger charge is -2.12. The molecule has 20 heavy (non-hydrogen) atoms. The lowest BCUT2D eigenvalue weighted by atomic mass is 10.2. The van der Waals surface area contributed by atoms with Gasteiger partial charge >= 0.3 is 0 Å². The van der Waals surface area contributed by atoms with Crippen molar-refractivity contribution in [3.63, 3.8) is 0 Å². The number of benzene rings is 2. The maximum Gasteiger partial charge on any atom is 0.262 e. The molecule has 0 spiro atoms. The quantitative estimate of drug-likeness (QED) is 0.854. The van der Waals surface area contributed by atoms with Crippen LogP contribution < -0.4 is 10.5 Å². The van der Waals surface area contributed by atoms with Gasteiger partial charge in [0.2, 0.25) is 0 Å². The van der Waals surface area contributed by atoms with Gasteiger partial charge in [0.15, 0.2) is 0 Å². The van der Waals surface area contributed by atoms with E-state index in [1.54, 1.807) is 37.3 Å². The summed E-state index contributed by atoms with van der Waals surface area (Å²) >= 11 is 5.99. The molecule has 0 aliphatic heterocycles. The van der Waals surface area contributed by atoms with Crippen LogP contribution in [-0.2, 0) is 10.0 Å². The molecule has 6 heteroatoms. The van der Waals surface area contributed by atoms with Crippen molar-refractivity contribution in [1.29, 1.82) is 0 Å². The average Bonchev–Trinajstić information content (AvgIpc) is 2.36. The Kier molecular flexibility index (Phi) is 3.92. The molecular formula is C14H15ClN2O2S. The predicted molar refractivity (Wildman–Crippen MR) is 82.6 cm³/mol. The van der Waals surface area contributed by atoms with Gasteiger partial charge in [0.25, 0.3) is 10.0 Å². The maximum atomic E-state index is 12.4. The number of hydrogen-bond acceptors (Lipinski definition) is 3. The highest BCUT2D eigenvalue weighted by atomic mass is 35.5. The molecule has 0 aliphatic carbocycles. The van der Waals surface area contributed by atoms with Crippen molar-refractivity contribution in [2.45, 2.75) is 18.7 Å². The van der Waals surface area contributed by atoms with Gasteiger partial charge < -0.3 is 5.73 Å². The summed E-state index contributed by atoms with van der Waals surface area (Å²) < 4.78 is 27.2. The molecule has 0 unspecified atom stereocenters. The molecule has 0 radical (unpaired) electrons. The molecule has 3 N–H and O–H groups in total. The molecule has 0 aliphatic rings. The van der Waals surface area contributed by atoms with Crippen LogP contribution in [0.15, 0.2) is 41.3 Å². The Labute approximate surface area is 123 Å². The number of anilines is 2. The molecule has 4 nitrogen and oxygen atoms in total. The van der Waals surface area contributed by atoms with Crippen molar-refractivity contribution in [2.24, 2.45) is 0 Å². The summed E-state index contributed by atoms with van der Waals surface area (Å²) in [5, 5.41) is 0.509. The largest absolute Gasteiger partial charge is 0.398 e. The molecular weight excluding hydrogens is 296 g/mol. The van der Waals surface area contributed by atoms with Gasteiger partial charge in [-0.1, -0.05) is 23.7 Å². The first-order valence-electron chi connectivity index (χ1n) is 5.95. The number of nitrogens with two attached hydrogens (primary N) is 1. The van der Waals surface area contributed by atoms with Gasteiger partial charge in [-0.05, 0) is 49.2 Å². The number of nitrogen functional groups attached to an aromatic ring is 1. The summed E-state index contributed by atoms with van der Waals surface area (Å²) in [5.74, 6) is 0. The van der Waals surface area contributed by atoms with E-state index in [0.29, 0.717) is 22.0 Å². The van der Waals surface area contributed by atoms with Gasteiger partial charge in [0.05, 0.1) is 10.6 Å². The highest BCUT2D eigenvalue weighted by molar-refractivity contribution is 7.92. The molecule has 0 aromatic heterocycles. The van der Waals surface area contributed by atoms with Crippen LogP contribution in [0.2, 0.25) is 5.02 Å². The Morgan fingerprint density at radius 3 is 2.50 bits per heavy atom. The fraction of sp³-hybridized carbons (Fsp3) is 0.143. The summed E-state index contributed by atoms with van der Waals surface area (Å²) in [6, 6.07) is 9.79. The third-order valence-electron chi connectivity index (χ3n) is 3.04. The Balaban J connectivity index is 2.41. The van der Waals surface area contributed by atoms with Gasteiger partial charge in [-0.15, -0.1) is 0 Å². The summed E-state index contributed by atoms with van der Waals surface area (Å²) in [5.41, 5.74) is 8.01. The average molecular weight is 311 g/mol. The van der Waals surface area contributed by atoms with Crippen LogP contribution in [-0.4, -0.2) is 8.42 Å². The first-order chi connectivity index (χ1) is 9.31. The predicted octanol–water partition coefficient (Wildman–Crippen LogP) is 3.34. The number of aryl methyl sites for hydroxylation is 1. The van der Waals surface area contributed by atoms with Crippen LogP contribution in [0.5, 0.6) is 0 Å². The lowest BCUT2D eigenvalue weighted by molar-refractivity contribution is 0.600. The van der Waals surface area contributed by atoms with Gasteiger partial charge in [0, 0.05) is 10.7 Å². The first kappa shape index (κ1) is 14.7. The van der Waals surface area contributed by atoms with Gasteiger partial charge in [-0.3, -0.25) is 4.72 Å². The molecule has 0 fully saturated rings. The van der Waals surface area contributed by atoms with Crippen LogP contribution in [0, 0.1) is 13.8 Å². The van der Waals surface area contributed by atoms with Gasteiger partial charge in [-0.2, -0.15) is 0 Å².